The van der Waals surface area contributed by atoms with Gasteiger partial charge in [0, 0.05) is 37.4 Å². The zero-order valence-electron chi connectivity index (χ0n) is 13.2. The topological polar surface area (TPSA) is 78.6 Å². The summed E-state index contributed by atoms with van der Waals surface area (Å²) in [4.78, 5) is 13.3. The Morgan fingerprint density at radius 1 is 1.35 bits per heavy atom. The first kappa shape index (κ1) is 17.6. The van der Waals surface area contributed by atoms with Gasteiger partial charge in [0.25, 0.3) is 0 Å². The molecule has 9 heteroatoms. The second-order valence-electron chi connectivity index (χ2n) is 6.77. The summed E-state index contributed by atoms with van der Waals surface area (Å²) in [6, 6.07) is 1.01. The van der Waals surface area contributed by atoms with Crippen LogP contribution in [0.4, 0.5) is 23.8 Å². The molecule has 23 heavy (non-hydrogen) atoms. The highest BCUT2D eigenvalue weighted by molar-refractivity contribution is 5.88. The van der Waals surface area contributed by atoms with Gasteiger partial charge in [-0.25, -0.2) is 4.79 Å². The molecule has 130 valence electrons. The van der Waals surface area contributed by atoms with Gasteiger partial charge in [-0.15, -0.1) is 0 Å². The number of likely N-dealkylation sites (tertiary alicyclic amines) is 1. The van der Waals surface area contributed by atoms with Crippen LogP contribution >= 0.6 is 0 Å². The van der Waals surface area contributed by atoms with Crippen molar-refractivity contribution in [2.24, 2.45) is 0 Å². The summed E-state index contributed by atoms with van der Waals surface area (Å²) in [6.45, 7) is 5.38. The molecule has 0 atom stereocenters. The molecule has 0 bridgehead atoms. The number of aliphatic hydroxyl groups is 1. The molecule has 0 saturated carbocycles. The predicted molar refractivity (Wildman–Crippen MR) is 76.0 cm³/mol. The third kappa shape index (κ3) is 3.77. The van der Waals surface area contributed by atoms with Crippen LogP contribution in [0.1, 0.15) is 39.4 Å². The number of nitrogens with one attached hydrogen (secondary N) is 1. The van der Waals surface area contributed by atoms with E-state index < -0.39 is 30.7 Å². The van der Waals surface area contributed by atoms with E-state index in [1.165, 1.54) is 4.90 Å². The van der Waals surface area contributed by atoms with Crippen molar-refractivity contribution in [3.8, 4) is 0 Å². The number of amides is 2. The number of carbonyl (C=O) groups is 1. The van der Waals surface area contributed by atoms with Gasteiger partial charge in [-0.2, -0.15) is 13.2 Å². The Labute approximate surface area is 131 Å². The third-order valence-corrected chi connectivity index (χ3v) is 3.89. The molecule has 0 unspecified atom stereocenters. The summed E-state index contributed by atoms with van der Waals surface area (Å²) in [5.41, 5.74) is -3.00. The third-order valence-electron chi connectivity index (χ3n) is 3.89. The highest BCUT2D eigenvalue weighted by atomic mass is 19.4. The molecule has 1 fully saturated rings. The van der Waals surface area contributed by atoms with Crippen LogP contribution in [0.15, 0.2) is 10.6 Å². The first-order valence-corrected chi connectivity index (χ1v) is 7.25. The predicted octanol–water partition coefficient (Wildman–Crippen LogP) is 2.89. The molecule has 0 aromatic carbocycles. The average Bonchev–Trinajstić information content (AvgIpc) is 2.86. The Morgan fingerprint density at radius 3 is 2.35 bits per heavy atom. The molecule has 2 N–H and O–H groups in total. The van der Waals surface area contributed by atoms with Crippen molar-refractivity contribution in [2.45, 2.75) is 50.8 Å². The van der Waals surface area contributed by atoms with Crippen LogP contribution in [-0.4, -0.2) is 46.1 Å². The second-order valence-corrected chi connectivity index (χ2v) is 6.77. The number of urea groups is 1. The van der Waals surface area contributed by atoms with Gasteiger partial charge in [0.2, 0.25) is 0 Å². The molecule has 1 saturated heterocycles. The Kier molecular flexibility index (Phi) is 4.36. The van der Waals surface area contributed by atoms with Gasteiger partial charge < -0.3 is 14.5 Å². The summed E-state index contributed by atoms with van der Waals surface area (Å²) in [5, 5.41) is 15.8. The average molecular weight is 335 g/mol. The number of nitrogens with zero attached hydrogens (tertiary/aromatic N) is 2. The van der Waals surface area contributed by atoms with E-state index in [4.69, 9.17) is 4.52 Å². The summed E-state index contributed by atoms with van der Waals surface area (Å²) < 4.78 is 43.3. The van der Waals surface area contributed by atoms with Crippen molar-refractivity contribution in [1.29, 1.82) is 0 Å². The SMILES string of the molecule is CC(C)(C)c1cc(NC(=O)N2CCC(O)(C(F)(F)F)CC2)no1. The number of hydrogen-bond acceptors (Lipinski definition) is 4. The Bertz CT molecular complexity index is 570. The van der Waals surface area contributed by atoms with Gasteiger partial charge in [-0.05, 0) is 0 Å². The van der Waals surface area contributed by atoms with Crippen molar-refractivity contribution < 1.29 is 27.6 Å². The first-order chi connectivity index (χ1) is 10.4. The maximum atomic E-state index is 12.7. The maximum absolute atomic E-state index is 12.7. The summed E-state index contributed by atoms with van der Waals surface area (Å²) in [6.07, 6.45) is -5.78. The number of aromatic nitrogens is 1. The lowest BCUT2D eigenvalue weighted by molar-refractivity contribution is -0.271. The fourth-order valence-corrected chi connectivity index (χ4v) is 2.24. The molecule has 1 aromatic heterocycles. The van der Waals surface area contributed by atoms with E-state index in [1.807, 2.05) is 20.8 Å². The highest BCUT2D eigenvalue weighted by Crippen LogP contribution is 2.38. The van der Waals surface area contributed by atoms with Crippen molar-refractivity contribution in [3.05, 3.63) is 11.8 Å². The number of alkyl halides is 3. The van der Waals surface area contributed by atoms with Gasteiger partial charge in [-0.3, -0.25) is 5.32 Å². The standard InChI is InChI=1S/C14H20F3N3O3/c1-12(2,3)9-8-10(19-23-9)18-11(21)20-6-4-13(22,5-7-20)14(15,16)17/h8,22H,4-7H2,1-3H3,(H,18,19,21). The molecule has 0 aliphatic carbocycles. The second kappa shape index (κ2) is 5.70. The van der Waals surface area contributed by atoms with Crippen LogP contribution in [0.2, 0.25) is 0 Å². The number of hydrogen-bond donors (Lipinski definition) is 2. The number of piperidine rings is 1. The smallest absolute Gasteiger partial charge is 0.380 e. The molecule has 2 heterocycles. The number of halogens is 3. The van der Waals surface area contributed by atoms with Gasteiger partial charge in [0.15, 0.2) is 11.4 Å². The van der Waals surface area contributed by atoms with E-state index in [1.54, 1.807) is 6.07 Å². The van der Waals surface area contributed by atoms with E-state index in [0.717, 1.165) is 0 Å². The fraction of sp³-hybridized carbons (Fsp3) is 0.714. The molecule has 2 rings (SSSR count). The minimum Gasteiger partial charge on any atom is -0.380 e. The molecule has 1 aromatic rings. The summed E-state index contributed by atoms with van der Waals surface area (Å²) in [5.74, 6) is 0.787. The van der Waals surface area contributed by atoms with E-state index in [2.05, 4.69) is 10.5 Å². The van der Waals surface area contributed by atoms with E-state index in [9.17, 15) is 23.1 Å². The molecule has 0 spiro atoms. The maximum Gasteiger partial charge on any atom is 0.417 e. The normalized spacial score (nSPS) is 18.8. The first-order valence-electron chi connectivity index (χ1n) is 7.25. The highest BCUT2D eigenvalue weighted by Gasteiger charge is 2.54. The molecule has 6 nitrogen and oxygen atoms in total. The summed E-state index contributed by atoms with van der Waals surface area (Å²) in [7, 11) is 0. The monoisotopic (exact) mass is 335 g/mol. The van der Waals surface area contributed by atoms with Gasteiger partial charge >= 0.3 is 12.2 Å². The van der Waals surface area contributed by atoms with Crippen molar-refractivity contribution in [2.75, 3.05) is 18.4 Å². The van der Waals surface area contributed by atoms with Crippen LogP contribution < -0.4 is 5.32 Å². The zero-order valence-corrected chi connectivity index (χ0v) is 13.2. The molecule has 0 radical (unpaired) electrons. The van der Waals surface area contributed by atoms with Gasteiger partial charge in [0.05, 0.1) is 0 Å². The molecular formula is C14H20F3N3O3. The van der Waals surface area contributed by atoms with Crippen molar-refractivity contribution >= 4 is 11.8 Å². The lowest BCUT2D eigenvalue weighted by atomic mass is 9.91. The van der Waals surface area contributed by atoms with Crippen molar-refractivity contribution in [3.63, 3.8) is 0 Å². The van der Waals surface area contributed by atoms with Crippen LogP contribution in [0.25, 0.3) is 0 Å². The number of anilines is 1. The van der Waals surface area contributed by atoms with Crippen LogP contribution in [-0.2, 0) is 5.41 Å². The number of carbonyl (C=O) groups excluding carboxylic acids is 1. The zero-order chi connectivity index (χ0) is 17.5. The van der Waals surface area contributed by atoms with Gasteiger partial charge in [-0.1, -0.05) is 25.9 Å². The lowest BCUT2D eigenvalue weighted by Crippen LogP contribution is -2.55. The Hall–Kier alpha value is -1.77. The van der Waals surface area contributed by atoms with Crippen LogP contribution in [0.5, 0.6) is 0 Å². The quantitative estimate of drug-likeness (QED) is 0.827. The molecule has 2 amide bonds. The van der Waals surface area contributed by atoms with Crippen molar-refractivity contribution in [1.82, 2.24) is 10.1 Å². The fourth-order valence-electron chi connectivity index (χ4n) is 2.24. The van der Waals surface area contributed by atoms with Crippen LogP contribution in [0, 0.1) is 0 Å². The van der Waals surface area contributed by atoms with E-state index >= 15 is 0 Å². The Morgan fingerprint density at radius 2 is 1.91 bits per heavy atom. The molecule has 1 aliphatic rings. The van der Waals surface area contributed by atoms with E-state index in [0.29, 0.717) is 5.76 Å². The number of rotatable bonds is 1. The van der Waals surface area contributed by atoms with Gasteiger partial charge in [0.1, 0.15) is 5.76 Å². The van der Waals surface area contributed by atoms with Crippen LogP contribution in [0.3, 0.4) is 0 Å². The minimum absolute atomic E-state index is 0.189. The minimum atomic E-state index is -4.69. The largest absolute Gasteiger partial charge is 0.417 e. The lowest BCUT2D eigenvalue weighted by Gasteiger charge is -2.38. The van der Waals surface area contributed by atoms with E-state index in [-0.39, 0.29) is 24.3 Å². The molecular weight excluding hydrogens is 315 g/mol. The molecule has 1 aliphatic heterocycles. The Balaban J connectivity index is 1.95. The summed E-state index contributed by atoms with van der Waals surface area (Å²) >= 11 is 0.